The van der Waals surface area contributed by atoms with E-state index >= 15 is 0 Å². The molecule has 6 heteroatoms. The molecule has 34 heavy (non-hydrogen) atoms. The fourth-order valence-corrected chi connectivity index (χ4v) is 4.52. The van der Waals surface area contributed by atoms with Crippen LogP contribution in [0.1, 0.15) is 33.9 Å². The third-order valence-corrected chi connectivity index (χ3v) is 6.51. The Labute approximate surface area is 201 Å². The largest absolute Gasteiger partial charge is 0.493 e. The predicted octanol–water partition coefficient (Wildman–Crippen LogP) is 5.24. The normalized spacial score (nSPS) is 15.4. The van der Waals surface area contributed by atoms with Crippen molar-refractivity contribution >= 4 is 11.7 Å². The Morgan fingerprint density at radius 1 is 1.00 bits per heavy atom. The van der Waals surface area contributed by atoms with Crippen LogP contribution in [0.4, 0.5) is 10.5 Å². The number of nitrogens with one attached hydrogen (secondary N) is 2. The molecule has 3 aromatic rings. The molecular formula is C28H33N3O3. The maximum absolute atomic E-state index is 12.7. The van der Waals surface area contributed by atoms with Crippen molar-refractivity contribution in [3.8, 4) is 11.5 Å². The van der Waals surface area contributed by atoms with E-state index in [4.69, 9.17) is 9.47 Å². The number of hydrogen-bond acceptors (Lipinski definition) is 4. The summed E-state index contributed by atoms with van der Waals surface area (Å²) in [5.41, 5.74) is 6.87. The number of amides is 2. The van der Waals surface area contributed by atoms with Gasteiger partial charge in [0.15, 0.2) is 11.5 Å². The number of aryl methyl sites for hydroxylation is 2. The van der Waals surface area contributed by atoms with Crippen LogP contribution in [0.3, 0.4) is 0 Å². The van der Waals surface area contributed by atoms with E-state index in [9.17, 15) is 4.79 Å². The molecule has 0 saturated carbocycles. The molecule has 0 spiro atoms. The molecular weight excluding hydrogens is 426 g/mol. The van der Waals surface area contributed by atoms with Gasteiger partial charge in [-0.3, -0.25) is 4.90 Å². The van der Waals surface area contributed by atoms with Gasteiger partial charge < -0.3 is 20.1 Å². The molecule has 2 amide bonds. The second kappa shape index (κ2) is 10.6. The summed E-state index contributed by atoms with van der Waals surface area (Å²) >= 11 is 0. The Hall–Kier alpha value is -3.51. The average Bonchev–Trinajstić information content (AvgIpc) is 2.85. The fourth-order valence-electron chi connectivity index (χ4n) is 4.52. The summed E-state index contributed by atoms with van der Waals surface area (Å²) in [4.78, 5) is 15.1. The van der Waals surface area contributed by atoms with Crippen LogP contribution in [-0.4, -0.2) is 38.2 Å². The van der Waals surface area contributed by atoms with Crippen LogP contribution in [0.25, 0.3) is 0 Å². The summed E-state index contributed by atoms with van der Waals surface area (Å²) in [5, 5.41) is 6.02. The number of nitrogens with zero attached hydrogens (tertiary/aromatic N) is 1. The third kappa shape index (κ3) is 5.34. The number of carbonyl (C=O) groups excluding carboxylic acids is 1. The highest BCUT2D eigenvalue weighted by Crippen LogP contribution is 2.38. The molecule has 0 saturated heterocycles. The number of urea groups is 1. The molecule has 1 unspecified atom stereocenters. The summed E-state index contributed by atoms with van der Waals surface area (Å²) in [6, 6.07) is 20.2. The fraction of sp³-hybridized carbons (Fsp3) is 0.321. The van der Waals surface area contributed by atoms with E-state index in [2.05, 4.69) is 58.9 Å². The van der Waals surface area contributed by atoms with Gasteiger partial charge in [0.2, 0.25) is 0 Å². The van der Waals surface area contributed by atoms with E-state index in [1.54, 1.807) is 14.2 Å². The summed E-state index contributed by atoms with van der Waals surface area (Å²) < 4.78 is 11.1. The predicted molar refractivity (Wildman–Crippen MR) is 136 cm³/mol. The molecule has 1 atom stereocenters. The van der Waals surface area contributed by atoms with Crippen molar-refractivity contribution in [2.45, 2.75) is 32.9 Å². The van der Waals surface area contributed by atoms with Crippen LogP contribution < -0.4 is 20.1 Å². The second-order valence-electron chi connectivity index (χ2n) is 8.77. The van der Waals surface area contributed by atoms with Crippen molar-refractivity contribution in [1.82, 2.24) is 10.2 Å². The Morgan fingerprint density at radius 2 is 1.71 bits per heavy atom. The number of anilines is 1. The highest BCUT2D eigenvalue weighted by molar-refractivity contribution is 5.89. The van der Waals surface area contributed by atoms with Gasteiger partial charge in [-0.05, 0) is 66.8 Å². The van der Waals surface area contributed by atoms with Crippen molar-refractivity contribution in [2.75, 3.05) is 32.6 Å². The van der Waals surface area contributed by atoms with Crippen LogP contribution in [0.5, 0.6) is 11.5 Å². The lowest BCUT2D eigenvalue weighted by Gasteiger charge is -2.38. The van der Waals surface area contributed by atoms with Crippen LogP contribution in [0.2, 0.25) is 0 Å². The molecule has 1 heterocycles. The topological polar surface area (TPSA) is 62.8 Å². The summed E-state index contributed by atoms with van der Waals surface area (Å²) in [7, 11) is 3.31. The molecule has 3 aromatic carbocycles. The lowest BCUT2D eigenvalue weighted by Crippen LogP contribution is -2.42. The smallest absolute Gasteiger partial charge is 0.319 e. The van der Waals surface area contributed by atoms with Crippen molar-refractivity contribution in [3.63, 3.8) is 0 Å². The number of carbonyl (C=O) groups is 1. The molecule has 1 aliphatic heterocycles. The number of benzene rings is 3. The van der Waals surface area contributed by atoms with Crippen LogP contribution in [-0.2, 0) is 13.0 Å². The van der Waals surface area contributed by atoms with E-state index in [1.165, 1.54) is 16.7 Å². The number of methoxy groups -OCH3 is 2. The Balaban J connectivity index is 1.58. The number of rotatable bonds is 7. The van der Waals surface area contributed by atoms with Gasteiger partial charge in [-0.15, -0.1) is 0 Å². The minimum absolute atomic E-state index is 0.00642. The lowest BCUT2D eigenvalue weighted by molar-refractivity contribution is 0.172. The summed E-state index contributed by atoms with van der Waals surface area (Å²) in [5.74, 6) is 1.44. The molecule has 178 valence electrons. The van der Waals surface area contributed by atoms with Gasteiger partial charge >= 0.3 is 6.03 Å². The molecule has 2 N–H and O–H groups in total. The van der Waals surface area contributed by atoms with E-state index in [0.29, 0.717) is 12.3 Å². The molecule has 6 nitrogen and oxygen atoms in total. The van der Waals surface area contributed by atoms with E-state index in [1.807, 2.05) is 31.2 Å². The van der Waals surface area contributed by atoms with E-state index in [0.717, 1.165) is 42.1 Å². The molecule has 0 aromatic heterocycles. The highest BCUT2D eigenvalue weighted by atomic mass is 16.5. The van der Waals surface area contributed by atoms with E-state index < -0.39 is 0 Å². The SMILES string of the molecule is COc1cc2c(cc1OC)C(CNC(=O)Nc1ccc(C)cc1)N(Cc1ccccc1C)CC2. The molecule has 1 aliphatic rings. The Bertz CT molecular complexity index is 1140. The van der Waals surface area contributed by atoms with Gasteiger partial charge in [-0.1, -0.05) is 42.0 Å². The van der Waals surface area contributed by atoms with Gasteiger partial charge in [0.1, 0.15) is 0 Å². The first-order valence-corrected chi connectivity index (χ1v) is 11.6. The van der Waals surface area contributed by atoms with E-state index in [-0.39, 0.29) is 12.1 Å². The van der Waals surface area contributed by atoms with Crippen LogP contribution in [0, 0.1) is 13.8 Å². The zero-order valence-electron chi connectivity index (χ0n) is 20.4. The van der Waals surface area contributed by atoms with Gasteiger partial charge in [-0.2, -0.15) is 0 Å². The quantitative estimate of drug-likeness (QED) is 0.507. The maximum Gasteiger partial charge on any atom is 0.319 e. The molecule has 0 bridgehead atoms. The first kappa shape index (κ1) is 23.6. The highest BCUT2D eigenvalue weighted by Gasteiger charge is 2.30. The van der Waals surface area contributed by atoms with Crippen LogP contribution in [0.15, 0.2) is 60.7 Å². The standard InChI is InChI=1S/C28H33N3O3/c1-19-9-11-23(12-10-19)30-28(32)29-17-25-24-16-27(34-4)26(33-3)15-21(24)13-14-31(25)18-22-8-6-5-7-20(22)2/h5-12,15-16,25H,13-14,17-18H2,1-4H3,(H2,29,30,32). The second-order valence-corrected chi connectivity index (χ2v) is 8.77. The first-order chi connectivity index (χ1) is 16.5. The van der Waals surface area contributed by atoms with Gasteiger partial charge in [0, 0.05) is 25.3 Å². The minimum atomic E-state index is -0.215. The molecule has 0 fully saturated rings. The zero-order chi connectivity index (χ0) is 24.1. The monoisotopic (exact) mass is 459 g/mol. The first-order valence-electron chi connectivity index (χ1n) is 11.6. The van der Waals surface area contributed by atoms with Gasteiger partial charge in [0.25, 0.3) is 0 Å². The number of fused-ring (bicyclic) bond motifs is 1. The Morgan fingerprint density at radius 3 is 2.41 bits per heavy atom. The third-order valence-electron chi connectivity index (χ3n) is 6.51. The van der Waals surface area contributed by atoms with Gasteiger partial charge in [-0.25, -0.2) is 4.79 Å². The number of hydrogen-bond donors (Lipinski definition) is 2. The molecule has 0 aliphatic carbocycles. The zero-order valence-corrected chi connectivity index (χ0v) is 20.4. The van der Waals surface area contributed by atoms with Crippen LogP contribution >= 0.6 is 0 Å². The van der Waals surface area contributed by atoms with Crippen molar-refractivity contribution < 1.29 is 14.3 Å². The molecule has 0 radical (unpaired) electrons. The van der Waals surface area contributed by atoms with Crippen molar-refractivity contribution in [2.24, 2.45) is 0 Å². The summed E-state index contributed by atoms with van der Waals surface area (Å²) in [6.45, 7) is 6.35. The maximum atomic E-state index is 12.7. The van der Waals surface area contributed by atoms with Gasteiger partial charge in [0.05, 0.1) is 20.3 Å². The van der Waals surface area contributed by atoms with Crippen molar-refractivity contribution in [3.05, 3.63) is 88.5 Å². The summed E-state index contributed by atoms with van der Waals surface area (Å²) in [6.07, 6.45) is 0.910. The average molecular weight is 460 g/mol. The lowest BCUT2D eigenvalue weighted by atomic mass is 9.91. The number of ether oxygens (including phenoxy) is 2. The Kier molecular flexibility index (Phi) is 7.38. The van der Waals surface area contributed by atoms with Crippen molar-refractivity contribution in [1.29, 1.82) is 0 Å². The minimum Gasteiger partial charge on any atom is -0.493 e. The molecule has 4 rings (SSSR count).